The van der Waals surface area contributed by atoms with E-state index in [0.29, 0.717) is 0 Å². The largest absolute Gasteiger partial charge is 0.394 e. The van der Waals surface area contributed by atoms with Gasteiger partial charge >= 0.3 is 0 Å². The zero-order chi connectivity index (χ0) is 20.6. The fourth-order valence-electron chi connectivity index (χ4n) is 3.45. The van der Waals surface area contributed by atoms with E-state index in [9.17, 15) is 35.7 Å². The van der Waals surface area contributed by atoms with Gasteiger partial charge in [-0.25, -0.2) is 0 Å². The Kier molecular flexibility index (Phi) is 7.20. The van der Waals surface area contributed by atoms with Crippen LogP contribution in [-0.4, -0.2) is 134 Å². The second kappa shape index (κ2) is 9.09. The van der Waals surface area contributed by atoms with Crippen molar-refractivity contribution in [2.45, 2.75) is 73.8 Å². The van der Waals surface area contributed by atoms with Crippen molar-refractivity contribution in [1.29, 1.82) is 0 Å². The van der Waals surface area contributed by atoms with E-state index < -0.39 is 93.6 Å². The minimum absolute atomic E-state index is 0.568. The summed E-state index contributed by atoms with van der Waals surface area (Å²) in [6.45, 7) is -1.75. The van der Waals surface area contributed by atoms with Crippen molar-refractivity contribution in [3.8, 4) is 0 Å². The van der Waals surface area contributed by atoms with Gasteiger partial charge in [0.15, 0.2) is 18.9 Å². The Balaban J connectivity index is 1.65. The summed E-state index contributed by atoms with van der Waals surface area (Å²) < 4.78 is 26.4. The number of hydrogen-bond donors (Lipinski definition) is 8. The van der Waals surface area contributed by atoms with E-state index in [1.807, 2.05) is 0 Å². The molecule has 0 saturated carbocycles. The predicted molar refractivity (Wildman–Crippen MR) is 83.2 cm³/mol. The van der Waals surface area contributed by atoms with Gasteiger partial charge in [-0.05, 0) is 0 Å². The summed E-state index contributed by atoms with van der Waals surface area (Å²) in [5.41, 5.74) is 0. The molecule has 0 bridgehead atoms. The van der Waals surface area contributed by atoms with E-state index in [2.05, 4.69) is 0 Å². The third-order valence-corrected chi connectivity index (χ3v) is 5.04. The van der Waals surface area contributed by atoms with Crippen LogP contribution in [0.25, 0.3) is 0 Å². The zero-order valence-electron chi connectivity index (χ0n) is 14.7. The van der Waals surface area contributed by atoms with Gasteiger partial charge in [0.2, 0.25) is 0 Å². The van der Waals surface area contributed by atoms with E-state index in [4.69, 9.17) is 28.8 Å². The highest BCUT2D eigenvalue weighted by Gasteiger charge is 2.53. The van der Waals surface area contributed by atoms with Gasteiger partial charge in [-0.3, -0.25) is 0 Å². The van der Waals surface area contributed by atoms with Crippen LogP contribution in [0, 0.1) is 0 Å². The summed E-state index contributed by atoms with van der Waals surface area (Å²) in [4.78, 5) is 0. The highest BCUT2D eigenvalue weighted by Crippen LogP contribution is 2.33. The van der Waals surface area contributed by atoms with Crippen LogP contribution in [0.4, 0.5) is 0 Å². The molecule has 13 heteroatoms. The maximum atomic E-state index is 10.5. The van der Waals surface area contributed by atoms with Gasteiger partial charge in [-0.2, -0.15) is 0 Å². The Bertz CT molecular complexity index is 508. The molecule has 0 amide bonds. The van der Waals surface area contributed by atoms with Gasteiger partial charge in [0.25, 0.3) is 0 Å². The number of aliphatic hydroxyl groups excluding tert-OH is 8. The highest BCUT2D eigenvalue weighted by atomic mass is 16.8. The van der Waals surface area contributed by atoms with Crippen molar-refractivity contribution in [3.05, 3.63) is 0 Å². The zero-order valence-corrected chi connectivity index (χ0v) is 14.7. The molecule has 3 aliphatic heterocycles. The molecule has 0 spiro atoms. The molecule has 3 rings (SSSR count). The quantitative estimate of drug-likeness (QED) is 0.196. The van der Waals surface area contributed by atoms with Gasteiger partial charge in [-0.15, -0.1) is 0 Å². The SMILES string of the molecule is OC[C@@H]1O[C@@H](O[C@@H]2[C@@H](O)[C@H](O[C@@H]3[C@@H](O)[C@H](O)O[C@H]3CO)O[C@H]2CO)[C@H](O)[C@H]1O. The van der Waals surface area contributed by atoms with Crippen LogP contribution in [0.3, 0.4) is 0 Å². The van der Waals surface area contributed by atoms with Gasteiger partial charge in [0, 0.05) is 0 Å². The molecule has 0 radical (unpaired) electrons. The first kappa shape index (κ1) is 22.2. The van der Waals surface area contributed by atoms with Crippen molar-refractivity contribution in [1.82, 2.24) is 0 Å². The predicted octanol–water partition coefficient (Wildman–Crippen LogP) is -5.66. The van der Waals surface area contributed by atoms with E-state index in [1.54, 1.807) is 0 Å². The standard InChI is InChI=1S/C15H26O13/c16-1-4-7(19)8(20)14(25-4)28-12-6(3-18)26-15(10(12)22)27-11-5(2-17)24-13(23)9(11)21/h4-23H,1-3H2/t4-,5-,6-,7-,8+,9+,10+,11-,12-,13+,14-,15-/m0/s1. The van der Waals surface area contributed by atoms with Gasteiger partial charge in [0.05, 0.1) is 19.8 Å². The molecular weight excluding hydrogens is 388 g/mol. The molecule has 8 N–H and O–H groups in total. The smallest absolute Gasteiger partial charge is 0.187 e. The normalized spacial score (nSPS) is 51.9. The van der Waals surface area contributed by atoms with Gasteiger partial charge in [-0.1, -0.05) is 0 Å². The van der Waals surface area contributed by atoms with Gasteiger partial charge in [0.1, 0.15) is 54.9 Å². The molecular formula is C15H26O13. The lowest BCUT2D eigenvalue weighted by Crippen LogP contribution is -2.45. The van der Waals surface area contributed by atoms with Crippen LogP contribution in [0.15, 0.2) is 0 Å². The first-order valence-corrected chi connectivity index (χ1v) is 8.82. The molecule has 3 fully saturated rings. The minimum atomic E-state index is -1.60. The molecule has 3 aliphatic rings. The number of ether oxygens (including phenoxy) is 5. The molecule has 0 aromatic rings. The van der Waals surface area contributed by atoms with E-state index in [-0.39, 0.29) is 0 Å². The lowest BCUT2D eigenvalue weighted by atomic mass is 10.1. The monoisotopic (exact) mass is 414 g/mol. The second-order valence-electron chi connectivity index (χ2n) is 6.86. The van der Waals surface area contributed by atoms with E-state index >= 15 is 0 Å². The number of hydrogen-bond acceptors (Lipinski definition) is 13. The van der Waals surface area contributed by atoms with Crippen molar-refractivity contribution in [2.75, 3.05) is 19.8 Å². The van der Waals surface area contributed by atoms with Crippen LogP contribution in [0.2, 0.25) is 0 Å². The third kappa shape index (κ3) is 4.04. The summed E-state index contributed by atoms with van der Waals surface area (Å²) in [5.74, 6) is 0. The molecule has 28 heavy (non-hydrogen) atoms. The van der Waals surface area contributed by atoms with E-state index in [1.165, 1.54) is 0 Å². The molecule has 0 aromatic carbocycles. The molecule has 164 valence electrons. The lowest BCUT2D eigenvalue weighted by molar-refractivity contribution is -0.220. The first-order chi connectivity index (χ1) is 13.3. The Hall–Kier alpha value is -0.520. The summed E-state index contributed by atoms with van der Waals surface area (Å²) in [6.07, 6.45) is -16.2. The maximum absolute atomic E-state index is 10.5. The maximum Gasteiger partial charge on any atom is 0.187 e. The molecule has 3 heterocycles. The number of rotatable bonds is 7. The minimum Gasteiger partial charge on any atom is -0.394 e. The fourth-order valence-corrected chi connectivity index (χ4v) is 3.45. The molecule has 0 aromatic heterocycles. The molecule has 12 atom stereocenters. The lowest BCUT2D eigenvalue weighted by Gasteiger charge is -2.26. The third-order valence-electron chi connectivity index (χ3n) is 5.04. The Labute approximate surface area is 159 Å². The van der Waals surface area contributed by atoms with E-state index in [0.717, 1.165) is 0 Å². The molecule has 13 nitrogen and oxygen atoms in total. The van der Waals surface area contributed by atoms with Gasteiger partial charge < -0.3 is 64.5 Å². The van der Waals surface area contributed by atoms with Crippen LogP contribution in [-0.2, 0) is 23.7 Å². The van der Waals surface area contributed by atoms with Crippen molar-refractivity contribution >= 4 is 0 Å². The summed E-state index contributed by atoms with van der Waals surface area (Å²) >= 11 is 0. The second-order valence-corrected chi connectivity index (χ2v) is 6.86. The Morgan fingerprint density at radius 2 is 1.00 bits per heavy atom. The first-order valence-electron chi connectivity index (χ1n) is 8.82. The Morgan fingerprint density at radius 1 is 0.536 bits per heavy atom. The van der Waals surface area contributed by atoms with Crippen LogP contribution in [0.1, 0.15) is 0 Å². The summed E-state index contributed by atoms with van der Waals surface area (Å²) in [7, 11) is 0. The van der Waals surface area contributed by atoms with Crippen LogP contribution >= 0.6 is 0 Å². The number of aliphatic hydroxyl groups is 8. The fraction of sp³-hybridized carbons (Fsp3) is 1.00. The van der Waals surface area contributed by atoms with Crippen LogP contribution < -0.4 is 0 Å². The Morgan fingerprint density at radius 3 is 1.54 bits per heavy atom. The van der Waals surface area contributed by atoms with Crippen molar-refractivity contribution in [3.63, 3.8) is 0 Å². The molecule has 3 saturated heterocycles. The summed E-state index contributed by atoms with van der Waals surface area (Å²) in [6, 6.07) is 0. The average molecular weight is 414 g/mol. The van der Waals surface area contributed by atoms with Crippen molar-refractivity contribution in [2.24, 2.45) is 0 Å². The molecule has 0 unspecified atom stereocenters. The topological polar surface area (TPSA) is 208 Å². The average Bonchev–Trinajstić information content (AvgIpc) is 3.25. The molecule has 0 aliphatic carbocycles. The highest BCUT2D eigenvalue weighted by molar-refractivity contribution is 4.94. The van der Waals surface area contributed by atoms with Crippen molar-refractivity contribution < 1.29 is 64.5 Å². The summed E-state index contributed by atoms with van der Waals surface area (Å²) in [5, 5.41) is 77.5. The van der Waals surface area contributed by atoms with Crippen LogP contribution in [0.5, 0.6) is 0 Å².